The van der Waals surface area contributed by atoms with Crippen molar-refractivity contribution < 1.29 is 28.6 Å². The Morgan fingerprint density at radius 1 is 1.11 bits per heavy atom. The van der Waals surface area contributed by atoms with Gasteiger partial charge in [0.1, 0.15) is 5.75 Å². The Hall–Kier alpha value is -2.06. The molecule has 0 unspecified atom stereocenters. The molecule has 1 aromatic rings. The minimum atomic E-state index is -0.590. The van der Waals surface area contributed by atoms with Crippen molar-refractivity contribution in [3.05, 3.63) is 22.2 Å². The Bertz CT molecular complexity index is 435. The van der Waals surface area contributed by atoms with Gasteiger partial charge in [-0.3, -0.25) is 10.1 Å². The minimum absolute atomic E-state index is 0.0373. The molecule has 0 saturated carbocycles. The zero-order chi connectivity index (χ0) is 14.3. The second-order valence-electron chi connectivity index (χ2n) is 3.33. The third-order valence-corrected chi connectivity index (χ3v) is 2.09. The van der Waals surface area contributed by atoms with Crippen molar-refractivity contribution in [3.63, 3.8) is 0 Å². The molecule has 0 N–H and O–H groups in total. The van der Waals surface area contributed by atoms with Crippen LogP contribution < -0.4 is 14.2 Å². The summed E-state index contributed by atoms with van der Waals surface area (Å²) in [7, 11) is 4.24. The molecule has 0 saturated heterocycles. The molecule has 19 heavy (non-hydrogen) atoms. The molecular weight excluding hydrogens is 258 g/mol. The first-order chi connectivity index (χ1) is 9.13. The molecule has 0 spiro atoms. The average molecular weight is 273 g/mol. The van der Waals surface area contributed by atoms with E-state index in [4.69, 9.17) is 23.7 Å². The van der Waals surface area contributed by atoms with E-state index >= 15 is 0 Å². The Morgan fingerprint density at radius 3 is 2.26 bits per heavy atom. The molecule has 8 nitrogen and oxygen atoms in total. The smallest absolute Gasteiger partial charge is 0.318 e. The van der Waals surface area contributed by atoms with Crippen molar-refractivity contribution in [3.8, 4) is 17.2 Å². The summed E-state index contributed by atoms with van der Waals surface area (Å²) < 4.78 is 24.9. The fourth-order valence-corrected chi connectivity index (χ4v) is 1.31. The highest BCUT2D eigenvalue weighted by molar-refractivity contribution is 5.60. The summed E-state index contributed by atoms with van der Waals surface area (Å²) in [5, 5.41) is 11.0. The van der Waals surface area contributed by atoms with Gasteiger partial charge >= 0.3 is 5.69 Å². The minimum Gasteiger partial charge on any atom is -0.496 e. The van der Waals surface area contributed by atoms with E-state index in [1.807, 2.05) is 0 Å². The Morgan fingerprint density at radius 2 is 1.74 bits per heavy atom. The van der Waals surface area contributed by atoms with Gasteiger partial charge < -0.3 is 23.7 Å². The molecule has 1 rings (SSSR count). The number of nitro groups is 1. The van der Waals surface area contributed by atoms with Crippen LogP contribution in [-0.4, -0.2) is 39.8 Å². The van der Waals surface area contributed by atoms with Gasteiger partial charge in [-0.15, -0.1) is 0 Å². The molecule has 0 fully saturated rings. The van der Waals surface area contributed by atoms with Crippen LogP contribution in [0.2, 0.25) is 0 Å². The van der Waals surface area contributed by atoms with Gasteiger partial charge in [-0.2, -0.15) is 0 Å². The number of methoxy groups -OCH3 is 3. The summed E-state index contributed by atoms with van der Waals surface area (Å²) in [6.07, 6.45) is 0. The van der Waals surface area contributed by atoms with E-state index in [-0.39, 0.29) is 36.5 Å². The lowest BCUT2D eigenvalue weighted by Crippen LogP contribution is -2.07. The normalized spacial score (nSPS) is 10.1. The molecule has 1 aromatic carbocycles. The molecule has 0 bridgehead atoms. The highest BCUT2D eigenvalue weighted by Gasteiger charge is 2.23. The zero-order valence-corrected chi connectivity index (χ0v) is 10.9. The Kier molecular flexibility index (Phi) is 5.83. The van der Waals surface area contributed by atoms with E-state index in [9.17, 15) is 10.1 Å². The van der Waals surface area contributed by atoms with E-state index in [1.165, 1.54) is 33.5 Å². The quantitative estimate of drug-likeness (QED) is 0.403. The molecule has 0 radical (unpaired) electrons. The lowest BCUT2D eigenvalue weighted by Gasteiger charge is -2.13. The van der Waals surface area contributed by atoms with Gasteiger partial charge in [0.25, 0.3) is 0 Å². The van der Waals surface area contributed by atoms with Gasteiger partial charge in [0, 0.05) is 20.3 Å². The summed E-state index contributed by atoms with van der Waals surface area (Å²) in [6.45, 7) is -0.218. The summed E-state index contributed by atoms with van der Waals surface area (Å²) in [5.74, 6) is 0.386. The molecule has 0 aliphatic carbocycles. The molecule has 0 heterocycles. The largest absolute Gasteiger partial charge is 0.496 e. The van der Waals surface area contributed by atoms with Crippen LogP contribution in [0.4, 0.5) is 5.69 Å². The number of ether oxygens (including phenoxy) is 5. The summed E-state index contributed by atoms with van der Waals surface area (Å²) >= 11 is 0. The Balaban J connectivity index is 3.20. The van der Waals surface area contributed by atoms with Crippen molar-refractivity contribution in [1.29, 1.82) is 0 Å². The molecule has 0 atom stereocenters. The van der Waals surface area contributed by atoms with E-state index < -0.39 is 4.92 Å². The standard InChI is InChI=1S/C11H15NO7/c1-15-6-18-10-5-8(17-3)4-9(12(13)14)11(10)19-7-16-2/h4-5H,6-7H2,1-3H3. The maximum Gasteiger partial charge on any atom is 0.318 e. The van der Waals surface area contributed by atoms with Crippen LogP contribution in [0.3, 0.4) is 0 Å². The lowest BCUT2D eigenvalue weighted by molar-refractivity contribution is -0.386. The first-order valence-corrected chi connectivity index (χ1v) is 5.24. The first kappa shape index (κ1) is 15.0. The molecule has 0 aliphatic heterocycles. The fraction of sp³-hybridized carbons (Fsp3) is 0.455. The van der Waals surface area contributed by atoms with Gasteiger partial charge in [-0.1, -0.05) is 0 Å². The maximum absolute atomic E-state index is 11.0. The van der Waals surface area contributed by atoms with E-state index in [0.29, 0.717) is 0 Å². The zero-order valence-electron chi connectivity index (χ0n) is 10.9. The predicted octanol–water partition coefficient (Wildman–Crippen LogP) is 1.57. The summed E-state index contributed by atoms with van der Waals surface area (Å²) in [5.41, 5.74) is -0.275. The molecule has 106 valence electrons. The van der Waals surface area contributed by atoms with E-state index in [0.717, 1.165) is 0 Å². The monoisotopic (exact) mass is 273 g/mol. The number of benzene rings is 1. The first-order valence-electron chi connectivity index (χ1n) is 5.24. The third kappa shape index (κ3) is 3.97. The number of rotatable bonds is 8. The number of hydrogen-bond donors (Lipinski definition) is 0. The van der Waals surface area contributed by atoms with Crippen LogP contribution in [0.15, 0.2) is 12.1 Å². The average Bonchev–Trinajstić information content (AvgIpc) is 2.42. The number of hydrogen-bond acceptors (Lipinski definition) is 7. The van der Waals surface area contributed by atoms with Gasteiger partial charge in [-0.25, -0.2) is 0 Å². The second kappa shape index (κ2) is 7.39. The molecule has 0 aromatic heterocycles. The van der Waals surface area contributed by atoms with Crippen LogP contribution in [0, 0.1) is 10.1 Å². The molecule has 0 amide bonds. The van der Waals surface area contributed by atoms with Gasteiger partial charge in [-0.05, 0) is 0 Å². The SMILES string of the molecule is COCOc1cc(OC)cc([N+](=O)[O-])c1OCOC. The van der Waals surface area contributed by atoms with Crippen LogP contribution >= 0.6 is 0 Å². The molecule has 0 aliphatic rings. The fourth-order valence-electron chi connectivity index (χ4n) is 1.31. The van der Waals surface area contributed by atoms with Crippen molar-refractivity contribution in [1.82, 2.24) is 0 Å². The van der Waals surface area contributed by atoms with Crippen molar-refractivity contribution in [2.45, 2.75) is 0 Å². The highest BCUT2D eigenvalue weighted by atomic mass is 16.7. The molecule has 8 heteroatoms. The van der Waals surface area contributed by atoms with Gasteiger partial charge in [0.05, 0.1) is 18.1 Å². The van der Waals surface area contributed by atoms with Crippen molar-refractivity contribution in [2.24, 2.45) is 0 Å². The Labute approximate surface area is 109 Å². The van der Waals surface area contributed by atoms with Gasteiger partial charge in [0.2, 0.25) is 5.75 Å². The predicted molar refractivity (Wildman–Crippen MR) is 64.7 cm³/mol. The summed E-state index contributed by atoms with van der Waals surface area (Å²) in [6, 6.07) is 2.71. The molecular formula is C11H15NO7. The second-order valence-corrected chi connectivity index (χ2v) is 3.33. The van der Waals surface area contributed by atoms with Crippen LogP contribution in [0.1, 0.15) is 0 Å². The van der Waals surface area contributed by atoms with E-state index in [1.54, 1.807) is 0 Å². The highest BCUT2D eigenvalue weighted by Crippen LogP contribution is 2.40. The maximum atomic E-state index is 11.0. The topological polar surface area (TPSA) is 89.3 Å². The van der Waals surface area contributed by atoms with Crippen molar-refractivity contribution >= 4 is 5.69 Å². The van der Waals surface area contributed by atoms with Gasteiger partial charge in [0.15, 0.2) is 19.3 Å². The lowest BCUT2D eigenvalue weighted by atomic mass is 10.2. The number of nitro benzene ring substituents is 1. The van der Waals surface area contributed by atoms with Crippen LogP contribution in [0.5, 0.6) is 17.2 Å². The van der Waals surface area contributed by atoms with Crippen LogP contribution in [0.25, 0.3) is 0 Å². The summed E-state index contributed by atoms with van der Waals surface area (Å²) in [4.78, 5) is 10.4. The van der Waals surface area contributed by atoms with E-state index in [2.05, 4.69) is 0 Å². The van der Waals surface area contributed by atoms with Crippen LogP contribution in [-0.2, 0) is 9.47 Å². The van der Waals surface area contributed by atoms with Crippen molar-refractivity contribution in [2.75, 3.05) is 34.9 Å². The third-order valence-electron chi connectivity index (χ3n) is 2.09. The number of nitrogens with zero attached hydrogens (tertiary/aromatic N) is 1.